The Kier molecular flexibility index (Phi) is 6.24. The number of sulfonamides is 1. The fourth-order valence-electron chi connectivity index (χ4n) is 3.65. The molecule has 1 aromatic heterocycles. The van der Waals surface area contributed by atoms with Gasteiger partial charge in [0.25, 0.3) is 0 Å². The lowest BCUT2D eigenvalue weighted by Crippen LogP contribution is -2.31. The van der Waals surface area contributed by atoms with E-state index in [4.69, 9.17) is 0 Å². The van der Waals surface area contributed by atoms with E-state index in [1.165, 1.54) is 26.6 Å². The van der Waals surface area contributed by atoms with Crippen LogP contribution in [0.2, 0.25) is 0 Å². The molecule has 6 heteroatoms. The van der Waals surface area contributed by atoms with Crippen LogP contribution >= 0.6 is 0 Å². The van der Waals surface area contributed by atoms with E-state index in [-0.39, 0.29) is 6.54 Å². The fourth-order valence-corrected chi connectivity index (χ4v) is 5.05. The summed E-state index contributed by atoms with van der Waals surface area (Å²) >= 11 is 0. The molecule has 3 aromatic rings. The van der Waals surface area contributed by atoms with Crippen molar-refractivity contribution in [2.45, 2.75) is 52.6 Å². The third-order valence-corrected chi connectivity index (χ3v) is 7.23. The molecule has 0 fully saturated rings. The van der Waals surface area contributed by atoms with Crippen molar-refractivity contribution < 1.29 is 8.42 Å². The van der Waals surface area contributed by atoms with Gasteiger partial charge in [-0.1, -0.05) is 42.3 Å². The van der Waals surface area contributed by atoms with Gasteiger partial charge in [0.2, 0.25) is 10.0 Å². The second kappa shape index (κ2) is 8.51. The summed E-state index contributed by atoms with van der Waals surface area (Å²) < 4.78 is 29.7. The Hall–Kier alpha value is -2.44. The first-order chi connectivity index (χ1) is 13.7. The molecule has 29 heavy (non-hydrogen) atoms. The lowest BCUT2D eigenvalue weighted by molar-refractivity contribution is 0.407. The van der Waals surface area contributed by atoms with Crippen LogP contribution in [0, 0.1) is 27.7 Å². The molecule has 0 aliphatic carbocycles. The van der Waals surface area contributed by atoms with Crippen molar-refractivity contribution in [1.29, 1.82) is 0 Å². The van der Waals surface area contributed by atoms with Crippen molar-refractivity contribution in [1.82, 2.24) is 13.9 Å². The van der Waals surface area contributed by atoms with Gasteiger partial charge in [-0.2, -0.15) is 4.31 Å². The summed E-state index contributed by atoms with van der Waals surface area (Å²) in [7, 11) is -3.58. The Balaban J connectivity index is 1.87. The SMILES string of the molecule is CCN(Cc1nccn1Cc1c(C)cc(C)cc1C)S(=O)(=O)c1ccc(C)cc1. The molecule has 0 N–H and O–H groups in total. The van der Waals surface area contributed by atoms with Gasteiger partial charge in [-0.05, 0) is 56.5 Å². The zero-order chi connectivity index (χ0) is 21.2. The molecule has 0 amide bonds. The normalized spacial score (nSPS) is 11.9. The summed E-state index contributed by atoms with van der Waals surface area (Å²) in [6, 6.07) is 11.3. The monoisotopic (exact) mass is 411 g/mol. The highest BCUT2D eigenvalue weighted by atomic mass is 32.2. The molecular weight excluding hydrogens is 382 g/mol. The van der Waals surface area contributed by atoms with Crippen LogP contribution in [0.3, 0.4) is 0 Å². The molecule has 0 atom stereocenters. The average Bonchev–Trinajstić information content (AvgIpc) is 3.09. The molecule has 0 bridgehead atoms. The summed E-state index contributed by atoms with van der Waals surface area (Å²) in [5, 5.41) is 0. The first-order valence-electron chi connectivity index (χ1n) is 9.86. The van der Waals surface area contributed by atoms with Crippen molar-refractivity contribution in [2.24, 2.45) is 0 Å². The van der Waals surface area contributed by atoms with E-state index in [1.54, 1.807) is 18.3 Å². The number of hydrogen-bond donors (Lipinski definition) is 0. The second-order valence-corrected chi connectivity index (χ2v) is 9.53. The van der Waals surface area contributed by atoms with Crippen molar-refractivity contribution >= 4 is 10.0 Å². The molecule has 2 aromatic carbocycles. The minimum atomic E-state index is -3.58. The Morgan fingerprint density at radius 3 is 2.17 bits per heavy atom. The van der Waals surface area contributed by atoms with Crippen molar-refractivity contribution in [3.8, 4) is 0 Å². The standard InChI is InChI=1S/C23H29N3O2S/c1-6-26(29(27,28)21-9-7-17(2)8-10-21)16-23-24-11-12-25(23)15-22-19(4)13-18(3)14-20(22)5/h7-14H,6,15-16H2,1-5H3. The summed E-state index contributed by atoms with van der Waals surface area (Å²) in [5.41, 5.74) is 6.00. The smallest absolute Gasteiger partial charge is 0.243 e. The maximum Gasteiger partial charge on any atom is 0.243 e. The first kappa shape index (κ1) is 21.3. The molecule has 0 unspecified atom stereocenters. The Morgan fingerprint density at radius 2 is 1.59 bits per heavy atom. The van der Waals surface area contributed by atoms with Gasteiger partial charge in [0.05, 0.1) is 11.4 Å². The summed E-state index contributed by atoms with van der Waals surface area (Å²) in [6.07, 6.45) is 3.65. The lowest BCUT2D eigenvalue weighted by Gasteiger charge is -2.21. The number of nitrogens with zero attached hydrogens (tertiary/aromatic N) is 3. The highest BCUT2D eigenvalue weighted by Gasteiger charge is 2.24. The zero-order valence-corrected chi connectivity index (χ0v) is 18.6. The average molecular weight is 412 g/mol. The molecule has 0 aliphatic rings. The van der Waals surface area contributed by atoms with Crippen molar-refractivity contribution in [3.63, 3.8) is 0 Å². The first-order valence-corrected chi connectivity index (χ1v) is 11.3. The van der Waals surface area contributed by atoms with Crippen LogP contribution in [0.5, 0.6) is 0 Å². The van der Waals surface area contributed by atoms with Crippen LogP contribution in [0.4, 0.5) is 0 Å². The largest absolute Gasteiger partial charge is 0.329 e. The predicted molar refractivity (Wildman–Crippen MR) is 116 cm³/mol. The van der Waals surface area contributed by atoms with E-state index in [9.17, 15) is 8.42 Å². The maximum absolute atomic E-state index is 13.1. The van der Waals surface area contributed by atoms with Gasteiger partial charge in [-0.3, -0.25) is 0 Å². The lowest BCUT2D eigenvalue weighted by atomic mass is 10.00. The summed E-state index contributed by atoms with van der Waals surface area (Å²) in [4.78, 5) is 4.77. The van der Waals surface area contributed by atoms with Gasteiger partial charge >= 0.3 is 0 Å². The molecule has 0 radical (unpaired) electrons. The van der Waals surface area contributed by atoms with Crippen LogP contribution in [0.15, 0.2) is 53.7 Å². The zero-order valence-electron chi connectivity index (χ0n) is 17.8. The maximum atomic E-state index is 13.1. The van der Waals surface area contributed by atoms with Crippen LogP contribution in [0.1, 0.15) is 40.6 Å². The molecule has 5 nitrogen and oxygen atoms in total. The second-order valence-electron chi connectivity index (χ2n) is 7.59. The van der Waals surface area contributed by atoms with Crippen molar-refractivity contribution in [2.75, 3.05) is 6.54 Å². The van der Waals surface area contributed by atoms with E-state index >= 15 is 0 Å². The van der Waals surface area contributed by atoms with Gasteiger partial charge in [0.1, 0.15) is 5.82 Å². The van der Waals surface area contributed by atoms with Gasteiger partial charge < -0.3 is 4.57 Å². The number of rotatable bonds is 7. The van der Waals surface area contributed by atoms with E-state index in [0.29, 0.717) is 18.0 Å². The van der Waals surface area contributed by atoms with Crippen LogP contribution in [-0.4, -0.2) is 28.8 Å². The van der Waals surface area contributed by atoms with E-state index in [1.807, 2.05) is 36.7 Å². The van der Waals surface area contributed by atoms with Crippen LogP contribution in [0.25, 0.3) is 0 Å². The highest BCUT2D eigenvalue weighted by Crippen LogP contribution is 2.21. The van der Waals surface area contributed by atoms with Crippen molar-refractivity contribution in [3.05, 3.63) is 82.4 Å². The number of aryl methyl sites for hydroxylation is 4. The number of imidazole rings is 1. The molecule has 1 heterocycles. The van der Waals surface area contributed by atoms with Gasteiger partial charge in [0, 0.05) is 25.5 Å². The predicted octanol–water partition coefficient (Wildman–Crippen LogP) is 4.38. The van der Waals surface area contributed by atoms with E-state index in [2.05, 4.69) is 37.9 Å². The number of hydrogen-bond acceptors (Lipinski definition) is 3. The Morgan fingerprint density at radius 1 is 0.966 bits per heavy atom. The molecule has 154 valence electrons. The molecular formula is C23H29N3O2S. The Labute approximate surface area is 174 Å². The molecule has 0 aliphatic heterocycles. The topological polar surface area (TPSA) is 55.2 Å². The number of benzene rings is 2. The third-order valence-electron chi connectivity index (χ3n) is 5.30. The minimum absolute atomic E-state index is 0.240. The minimum Gasteiger partial charge on any atom is -0.329 e. The molecule has 0 spiro atoms. The highest BCUT2D eigenvalue weighted by molar-refractivity contribution is 7.89. The number of aromatic nitrogens is 2. The van der Waals surface area contributed by atoms with E-state index < -0.39 is 10.0 Å². The Bertz CT molecular complexity index is 1080. The molecule has 0 saturated carbocycles. The quantitative estimate of drug-likeness (QED) is 0.580. The van der Waals surface area contributed by atoms with Crippen LogP contribution in [-0.2, 0) is 23.1 Å². The fraction of sp³-hybridized carbons (Fsp3) is 0.348. The molecule has 3 rings (SSSR count). The summed E-state index contributed by atoms with van der Waals surface area (Å²) in [5.74, 6) is 0.738. The van der Waals surface area contributed by atoms with Gasteiger partial charge in [0.15, 0.2) is 0 Å². The van der Waals surface area contributed by atoms with Gasteiger partial charge in [-0.25, -0.2) is 13.4 Å². The van der Waals surface area contributed by atoms with Crippen LogP contribution < -0.4 is 0 Å². The molecule has 0 saturated heterocycles. The van der Waals surface area contributed by atoms with E-state index in [0.717, 1.165) is 11.4 Å². The van der Waals surface area contributed by atoms with Gasteiger partial charge in [-0.15, -0.1) is 0 Å². The third kappa shape index (κ3) is 4.60. The summed E-state index contributed by atoms with van der Waals surface area (Å²) in [6.45, 7) is 11.4.